The van der Waals surface area contributed by atoms with E-state index in [9.17, 15) is 20.0 Å². The first-order valence-electron chi connectivity index (χ1n) is 5.51. The summed E-state index contributed by atoms with van der Waals surface area (Å²) in [6.45, 7) is 3.44. The van der Waals surface area contributed by atoms with E-state index in [1.54, 1.807) is 6.92 Å². The molecule has 1 rings (SSSR count). The van der Waals surface area contributed by atoms with Crippen LogP contribution in [0.2, 0.25) is 0 Å². The maximum absolute atomic E-state index is 11.5. The fourth-order valence-electron chi connectivity index (χ4n) is 1.15. The summed E-state index contributed by atoms with van der Waals surface area (Å²) in [4.78, 5) is 21.3. The molecule has 0 aromatic carbocycles. The minimum atomic E-state index is -0.953. The van der Waals surface area contributed by atoms with Gasteiger partial charge in [0.1, 0.15) is 6.54 Å². The van der Waals surface area contributed by atoms with Crippen LogP contribution in [0.4, 0.5) is 5.82 Å². The highest BCUT2D eigenvalue weighted by Crippen LogP contribution is 2.06. The topological polar surface area (TPSA) is 110 Å². The molecule has 18 heavy (non-hydrogen) atoms. The smallest absolute Gasteiger partial charge is 0.388 e. The van der Waals surface area contributed by atoms with Gasteiger partial charge in [-0.25, -0.2) is 0 Å². The zero-order chi connectivity index (χ0) is 13.8. The lowest BCUT2D eigenvalue weighted by atomic mass is 10.0. The highest BCUT2D eigenvalue weighted by molar-refractivity contribution is 5.75. The lowest BCUT2D eigenvalue weighted by Gasteiger charge is -2.21. The van der Waals surface area contributed by atoms with Crippen molar-refractivity contribution in [2.45, 2.75) is 32.4 Å². The van der Waals surface area contributed by atoms with Crippen LogP contribution in [0.5, 0.6) is 0 Å². The molecular weight excluding hydrogens is 240 g/mol. The number of nitro groups is 1. The standard InChI is InChI=1S/C10H16N4O4/c1-3-10(2,16)7-11-9(15)6-13-5-4-8(12-13)14(17)18/h4-5,16H,3,6-7H2,1-2H3,(H,11,15). The van der Waals surface area contributed by atoms with E-state index in [4.69, 9.17) is 0 Å². The minimum Gasteiger partial charge on any atom is -0.388 e. The monoisotopic (exact) mass is 256 g/mol. The molecule has 0 aliphatic rings. The predicted molar refractivity (Wildman–Crippen MR) is 62.8 cm³/mol. The van der Waals surface area contributed by atoms with Crippen molar-refractivity contribution in [1.29, 1.82) is 0 Å². The molecule has 0 spiro atoms. The summed E-state index contributed by atoms with van der Waals surface area (Å²) in [5.41, 5.74) is -0.953. The maximum atomic E-state index is 11.5. The number of nitrogens with zero attached hydrogens (tertiary/aromatic N) is 3. The van der Waals surface area contributed by atoms with E-state index in [-0.39, 0.29) is 24.8 Å². The van der Waals surface area contributed by atoms with Crippen LogP contribution in [0, 0.1) is 10.1 Å². The second-order valence-electron chi connectivity index (χ2n) is 4.26. The molecule has 0 saturated carbocycles. The molecule has 0 saturated heterocycles. The Morgan fingerprint density at radius 2 is 2.39 bits per heavy atom. The number of carbonyl (C=O) groups excluding carboxylic acids is 1. The van der Waals surface area contributed by atoms with Gasteiger partial charge < -0.3 is 20.5 Å². The molecule has 1 aromatic heterocycles. The lowest BCUT2D eigenvalue weighted by molar-refractivity contribution is -0.389. The van der Waals surface area contributed by atoms with Crippen molar-refractivity contribution in [1.82, 2.24) is 15.1 Å². The second-order valence-corrected chi connectivity index (χ2v) is 4.26. The first-order chi connectivity index (χ1) is 8.34. The number of hydrogen-bond donors (Lipinski definition) is 2. The van der Waals surface area contributed by atoms with Gasteiger partial charge in [0, 0.05) is 6.54 Å². The van der Waals surface area contributed by atoms with Gasteiger partial charge in [-0.1, -0.05) is 6.92 Å². The summed E-state index contributed by atoms with van der Waals surface area (Å²) in [6, 6.07) is 1.22. The Balaban J connectivity index is 2.47. The first-order valence-corrected chi connectivity index (χ1v) is 5.51. The number of aromatic nitrogens is 2. The van der Waals surface area contributed by atoms with Gasteiger partial charge in [0.2, 0.25) is 5.91 Å². The van der Waals surface area contributed by atoms with Gasteiger partial charge in [-0.2, -0.15) is 4.68 Å². The Kier molecular flexibility index (Phi) is 4.38. The minimum absolute atomic E-state index is 0.117. The number of amides is 1. The SMILES string of the molecule is CCC(C)(O)CNC(=O)Cn1ccc([N+](=O)[O-])n1. The van der Waals surface area contributed by atoms with Crippen LogP contribution in [0.15, 0.2) is 12.3 Å². The van der Waals surface area contributed by atoms with E-state index >= 15 is 0 Å². The van der Waals surface area contributed by atoms with Crippen molar-refractivity contribution in [3.05, 3.63) is 22.4 Å². The molecule has 1 aromatic rings. The largest absolute Gasteiger partial charge is 0.389 e. The molecular formula is C10H16N4O4. The predicted octanol–water partition coefficient (Wildman–Crippen LogP) is 0.0685. The molecule has 0 aliphatic carbocycles. The average Bonchev–Trinajstić information content (AvgIpc) is 2.75. The van der Waals surface area contributed by atoms with Gasteiger partial charge >= 0.3 is 5.82 Å². The normalized spacial score (nSPS) is 13.9. The summed E-state index contributed by atoms with van der Waals surface area (Å²) in [5, 5.41) is 26.2. The third-order valence-corrected chi connectivity index (χ3v) is 2.55. The second kappa shape index (κ2) is 5.58. The molecule has 2 N–H and O–H groups in total. The molecule has 0 radical (unpaired) electrons. The first kappa shape index (κ1) is 14.1. The highest BCUT2D eigenvalue weighted by atomic mass is 16.6. The molecule has 1 unspecified atom stereocenters. The molecule has 100 valence electrons. The Morgan fingerprint density at radius 1 is 1.72 bits per heavy atom. The lowest BCUT2D eigenvalue weighted by Crippen LogP contribution is -2.41. The number of hydrogen-bond acceptors (Lipinski definition) is 5. The van der Waals surface area contributed by atoms with Gasteiger partial charge in [0.05, 0.1) is 23.0 Å². The number of nitrogens with one attached hydrogen (secondary N) is 1. The van der Waals surface area contributed by atoms with Crippen molar-refractivity contribution in [2.75, 3.05) is 6.54 Å². The van der Waals surface area contributed by atoms with E-state index in [1.807, 2.05) is 6.92 Å². The Bertz CT molecular complexity index is 441. The number of aliphatic hydroxyl groups is 1. The third-order valence-electron chi connectivity index (χ3n) is 2.55. The summed E-state index contributed by atoms with van der Waals surface area (Å²) in [5.74, 6) is -0.662. The van der Waals surface area contributed by atoms with Gasteiger partial charge in [0.15, 0.2) is 0 Å². The van der Waals surface area contributed by atoms with Crippen LogP contribution < -0.4 is 5.32 Å². The van der Waals surface area contributed by atoms with Gasteiger partial charge in [0.25, 0.3) is 0 Å². The quantitative estimate of drug-likeness (QED) is 0.552. The van der Waals surface area contributed by atoms with E-state index < -0.39 is 10.5 Å². The summed E-state index contributed by atoms with van der Waals surface area (Å²) >= 11 is 0. The summed E-state index contributed by atoms with van der Waals surface area (Å²) in [6.07, 6.45) is 1.87. The number of rotatable bonds is 6. The van der Waals surface area contributed by atoms with Crippen LogP contribution >= 0.6 is 0 Å². The van der Waals surface area contributed by atoms with Crippen LogP contribution in [0.25, 0.3) is 0 Å². The zero-order valence-corrected chi connectivity index (χ0v) is 10.3. The van der Waals surface area contributed by atoms with Crippen molar-refractivity contribution < 1.29 is 14.8 Å². The Labute approximate surface area is 104 Å². The molecule has 0 fully saturated rings. The fraction of sp³-hybridized carbons (Fsp3) is 0.600. The molecule has 0 bridgehead atoms. The van der Waals surface area contributed by atoms with Gasteiger partial charge in [-0.3, -0.25) is 4.79 Å². The fourth-order valence-corrected chi connectivity index (χ4v) is 1.15. The average molecular weight is 256 g/mol. The van der Waals surface area contributed by atoms with Crippen molar-refractivity contribution in [2.24, 2.45) is 0 Å². The van der Waals surface area contributed by atoms with Crippen LogP contribution in [-0.2, 0) is 11.3 Å². The van der Waals surface area contributed by atoms with E-state index in [2.05, 4.69) is 10.4 Å². The van der Waals surface area contributed by atoms with E-state index in [1.165, 1.54) is 16.9 Å². The van der Waals surface area contributed by atoms with Gasteiger partial charge in [-0.15, -0.1) is 0 Å². The van der Waals surface area contributed by atoms with Crippen LogP contribution in [0.1, 0.15) is 20.3 Å². The molecule has 0 aliphatic heterocycles. The van der Waals surface area contributed by atoms with Crippen LogP contribution in [-0.4, -0.2) is 37.9 Å². The third kappa shape index (κ3) is 4.13. The Hall–Kier alpha value is -1.96. The van der Waals surface area contributed by atoms with E-state index in [0.717, 1.165) is 0 Å². The molecule has 1 atom stereocenters. The van der Waals surface area contributed by atoms with Crippen molar-refractivity contribution in [3.63, 3.8) is 0 Å². The maximum Gasteiger partial charge on any atom is 0.389 e. The molecule has 1 amide bonds. The highest BCUT2D eigenvalue weighted by Gasteiger charge is 2.19. The zero-order valence-electron chi connectivity index (χ0n) is 10.3. The summed E-state index contributed by atoms with van der Waals surface area (Å²) in [7, 11) is 0. The van der Waals surface area contributed by atoms with Crippen molar-refractivity contribution >= 4 is 11.7 Å². The summed E-state index contributed by atoms with van der Waals surface area (Å²) < 4.78 is 1.17. The molecule has 8 nitrogen and oxygen atoms in total. The van der Waals surface area contributed by atoms with Gasteiger partial charge in [-0.05, 0) is 18.3 Å². The van der Waals surface area contributed by atoms with Crippen LogP contribution in [0.3, 0.4) is 0 Å². The van der Waals surface area contributed by atoms with Crippen molar-refractivity contribution in [3.8, 4) is 0 Å². The molecule has 8 heteroatoms. The Morgan fingerprint density at radius 3 is 2.89 bits per heavy atom. The van der Waals surface area contributed by atoms with E-state index in [0.29, 0.717) is 6.42 Å². The molecule has 1 heterocycles. The number of carbonyl (C=O) groups is 1.